The molecule has 0 aliphatic heterocycles. The van der Waals surface area contributed by atoms with Crippen LogP contribution in [0.2, 0.25) is 5.02 Å². The smallest absolute Gasteiger partial charge is 0.0866 e. The molecule has 1 unspecified atom stereocenters. The van der Waals surface area contributed by atoms with Gasteiger partial charge in [-0.1, -0.05) is 37.6 Å². The maximum atomic E-state index is 10.1. The maximum Gasteiger partial charge on any atom is 0.0866 e. The SMILES string of the molecule is CCc1cc(C(C)(O)CC)ccc1Cl. The van der Waals surface area contributed by atoms with Gasteiger partial charge in [-0.3, -0.25) is 0 Å². The normalized spacial score (nSPS) is 15.2. The van der Waals surface area contributed by atoms with E-state index in [1.54, 1.807) is 0 Å². The van der Waals surface area contributed by atoms with E-state index in [0.29, 0.717) is 6.42 Å². The predicted octanol–water partition coefficient (Wildman–Crippen LogP) is 3.52. The minimum absolute atomic E-state index is 0.706. The Morgan fingerprint density at radius 3 is 2.50 bits per heavy atom. The van der Waals surface area contributed by atoms with E-state index in [-0.39, 0.29) is 0 Å². The van der Waals surface area contributed by atoms with Crippen molar-refractivity contribution in [3.63, 3.8) is 0 Å². The van der Waals surface area contributed by atoms with Crippen molar-refractivity contribution in [1.29, 1.82) is 0 Å². The Morgan fingerprint density at radius 1 is 1.36 bits per heavy atom. The van der Waals surface area contributed by atoms with E-state index in [2.05, 4.69) is 6.92 Å². The Morgan fingerprint density at radius 2 is 2.00 bits per heavy atom. The highest BCUT2D eigenvalue weighted by Gasteiger charge is 2.20. The molecule has 0 heterocycles. The second-order valence-electron chi connectivity index (χ2n) is 3.79. The van der Waals surface area contributed by atoms with Gasteiger partial charge in [-0.25, -0.2) is 0 Å². The van der Waals surface area contributed by atoms with Gasteiger partial charge in [-0.15, -0.1) is 0 Å². The quantitative estimate of drug-likeness (QED) is 0.813. The molecule has 0 radical (unpaired) electrons. The molecule has 0 aliphatic carbocycles. The molecule has 14 heavy (non-hydrogen) atoms. The second-order valence-corrected chi connectivity index (χ2v) is 4.19. The van der Waals surface area contributed by atoms with Crippen LogP contribution in [-0.4, -0.2) is 5.11 Å². The lowest BCUT2D eigenvalue weighted by atomic mass is 9.92. The minimum atomic E-state index is -0.742. The molecule has 1 nitrogen and oxygen atoms in total. The number of rotatable bonds is 3. The number of aryl methyl sites for hydroxylation is 1. The minimum Gasteiger partial charge on any atom is -0.385 e. The molecule has 0 aliphatic rings. The van der Waals surface area contributed by atoms with Crippen LogP contribution in [0.25, 0.3) is 0 Å². The molecule has 0 saturated heterocycles. The summed E-state index contributed by atoms with van der Waals surface area (Å²) in [6, 6.07) is 5.75. The first kappa shape index (κ1) is 11.5. The zero-order valence-corrected chi connectivity index (χ0v) is 9.73. The molecule has 0 amide bonds. The lowest BCUT2D eigenvalue weighted by Crippen LogP contribution is -2.19. The fourth-order valence-corrected chi connectivity index (χ4v) is 1.64. The van der Waals surface area contributed by atoms with Crippen LogP contribution in [0.4, 0.5) is 0 Å². The number of hydrogen-bond acceptors (Lipinski definition) is 1. The molecule has 2 heteroatoms. The molecule has 1 N–H and O–H groups in total. The molecule has 0 saturated carbocycles. The number of hydrogen-bond donors (Lipinski definition) is 1. The summed E-state index contributed by atoms with van der Waals surface area (Å²) >= 11 is 6.01. The molecule has 1 aromatic carbocycles. The number of benzene rings is 1. The van der Waals surface area contributed by atoms with E-state index in [9.17, 15) is 5.11 Å². The first-order chi connectivity index (χ1) is 6.51. The average Bonchev–Trinajstić information content (AvgIpc) is 2.18. The number of aliphatic hydroxyl groups is 1. The third-order valence-electron chi connectivity index (χ3n) is 2.74. The van der Waals surface area contributed by atoms with Crippen LogP contribution in [0.3, 0.4) is 0 Å². The second kappa shape index (κ2) is 4.33. The van der Waals surface area contributed by atoms with E-state index in [1.165, 1.54) is 0 Å². The summed E-state index contributed by atoms with van der Waals surface area (Å²) in [6.07, 6.45) is 1.60. The molecule has 0 fully saturated rings. The van der Waals surface area contributed by atoms with Crippen molar-refractivity contribution >= 4 is 11.6 Å². The standard InChI is InChI=1S/C12H17ClO/c1-4-9-8-10(6-7-11(9)13)12(3,14)5-2/h6-8,14H,4-5H2,1-3H3. The van der Waals surface area contributed by atoms with Crippen LogP contribution in [0.1, 0.15) is 38.3 Å². The van der Waals surface area contributed by atoms with E-state index >= 15 is 0 Å². The molecule has 1 atom stereocenters. The van der Waals surface area contributed by atoms with Crippen molar-refractivity contribution < 1.29 is 5.11 Å². The summed E-state index contributed by atoms with van der Waals surface area (Å²) in [6.45, 7) is 5.86. The Labute approximate surface area is 90.7 Å². The summed E-state index contributed by atoms with van der Waals surface area (Å²) in [5.74, 6) is 0. The van der Waals surface area contributed by atoms with Gasteiger partial charge in [-0.05, 0) is 37.0 Å². The molecule has 0 bridgehead atoms. The fourth-order valence-electron chi connectivity index (χ4n) is 1.38. The molecule has 1 rings (SSSR count). The largest absolute Gasteiger partial charge is 0.385 e. The van der Waals surface area contributed by atoms with Crippen molar-refractivity contribution in [3.05, 3.63) is 34.3 Å². The first-order valence-corrected chi connectivity index (χ1v) is 5.40. The Balaban J connectivity index is 3.12. The highest BCUT2D eigenvalue weighted by atomic mass is 35.5. The lowest BCUT2D eigenvalue weighted by molar-refractivity contribution is 0.0530. The van der Waals surface area contributed by atoms with E-state index in [4.69, 9.17) is 11.6 Å². The van der Waals surface area contributed by atoms with Crippen molar-refractivity contribution in [3.8, 4) is 0 Å². The van der Waals surface area contributed by atoms with Crippen LogP contribution < -0.4 is 0 Å². The molecule has 1 aromatic rings. The summed E-state index contributed by atoms with van der Waals surface area (Å²) in [5.41, 5.74) is 1.30. The van der Waals surface area contributed by atoms with Crippen molar-refractivity contribution in [1.82, 2.24) is 0 Å². The van der Waals surface area contributed by atoms with Gasteiger partial charge in [0.1, 0.15) is 0 Å². The third kappa shape index (κ3) is 2.28. The van der Waals surface area contributed by atoms with Gasteiger partial charge in [-0.2, -0.15) is 0 Å². The van der Waals surface area contributed by atoms with Gasteiger partial charge >= 0.3 is 0 Å². The van der Waals surface area contributed by atoms with Gasteiger partial charge in [0.05, 0.1) is 5.60 Å². The molecular weight excluding hydrogens is 196 g/mol. The highest BCUT2D eigenvalue weighted by molar-refractivity contribution is 6.31. The van der Waals surface area contributed by atoms with Crippen molar-refractivity contribution in [2.75, 3.05) is 0 Å². The third-order valence-corrected chi connectivity index (χ3v) is 3.11. The van der Waals surface area contributed by atoms with Crippen LogP contribution in [-0.2, 0) is 12.0 Å². The maximum absolute atomic E-state index is 10.1. The summed E-state index contributed by atoms with van der Waals surface area (Å²) in [4.78, 5) is 0. The molecule has 78 valence electrons. The monoisotopic (exact) mass is 212 g/mol. The average molecular weight is 213 g/mol. The van der Waals surface area contributed by atoms with Gasteiger partial charge in [0, 0.05) is 5.02 Å². The summed E-state index contributed by atoms with van der Waals surface area (Å²) in [7, 11) is 0. The van der Waals surface area contributed by atoms with Gasteiger partial charge in [0.2, 0.25) is 0 Å². The van der Waals surface area contributed by atoms with Crippen LogP contribution >= 0.6 is 11.6 Å². The van der Waals surface area contributed by atoms with Gasteiger partial charge < -0.3 is 5.11 Å². The first-order valence-electron chi connectivity index (χ1n) is 5.02. The molecule has 0 spiro atoms. The molecule has 0 aromatic heterocycles. The fraction of sp³-hybridized carbons (Fsp3) is 0.500. The predicted molar refractivity (Wildman–Crippen MR) is 60.7 cm³/mol. The summed E-state index contributed by atoms with van der Waals surface area (Å²) in [5, 5.41) is 10.8. The van der Waals surface area contributed by atoms with Crippen LogP contribution in [0, 0.1) is 0 Å². The zero-order valence-electron chi connectivity index (χ0n) is 8.97. The van der Waals surface area contributed by atoms with Gasteiger partial charge in [0.25, 0.3) is 0 Å². The van der Waals surface area contributed by atoms with Crippen LogP contribution in [0.15, 0.2) is 18.2 Å². The van der Waals surface area contributed by atoms with E-state index in [1.807, 2.05) is 32.0 Å². The summed E-state index contributed by atoms with van der Waals surface area (Å²) < 4.78 is 0. The highest BCUT2D eigenvalue weighted by Crippen LogP contribution is 2.27. The van der Waals surface area contributed by atoms with Crippen molar-refractivity contribution in [2.45, 2.75) is 39.2 Å². The zero-order chi connectivity index (χ0) is 10.8. The topological polar surface area (TPSA) is 20.2 Å². The Bertz CT molecular complexity index is 318. The van der Waals surface area contributed by atoms with E-state index < -0.39 is 5.60 Å². The number of halogens is 1. The van der Waals surface area contributed by atoms with Crippen molar-refractivity contribution in [2.24, 2.45) is 0 Å². The lowest BCUT2D eigenvalue weighted by Gasteiger charge is -2.22. The van der Waals surface area contributed by atoms with Crippen LogP contribution in [0.5, 0.6) is 0 Å². The van der Waals surface area contributed by atoms with Gasteiger partial charge in [0.15, 0.2) is 0 Å². The Hall–Kier alpha value is -0.530. The van der Waals surface area contributed by atoms with E-state index in [0.717, 1.165) is 22.6 Å². The molecular formula is C12H17ClO. The Kier molecular flexibility index (Phi) is 3.57.